The molecule has 0 aliphatic carbocycles. The fraction of sp³-hybridized carbons (Fsp3) is 0.0909. The minimum absolute atomic E-state index is 0.108. The summed E-state index contributed by atoms with van der Waals surface area (Å²) in [6.45, 7) is 1.46. The van der Waals surface area contributed by atoms with Crippen molar-refractivity contribution in [1.82, 2.24) is 9.55 Å². The van der Waals surface area contributed by atoms with Crippen molar-refractivity contribution >= 4 is 5.78 Å². The maximum atomic E-state index is 11.2. The summed E-state index contributed by atoms with van der Waals surface area (Å²) in [6, 6.07) is 6.67. The first kappa shape index (κ1) is 9.45. The minimum atomic E-state index is -0.108. The van der Waals surface area contributed by atoms with Crippen LogP contribution in [-0.4, -0.2) is 20.4 Å². The van der Waals surface area contributed by atoms with Crippen LogP contribution in [0.3, 0.4) is 0 Å². The summed E-state index contributed by atoms with van der Waals surface area (Å²) in [5, 5.41) is 9.32. The van der Waals surface area contributed by atoms with E-state index in [2.05, 4.69) is 4.98 Å². The summed E-state index contributed by atoms with van der Waals surface area (Å²) in [7, 11) is 0. The van der Waals surface area contributed by atoms with Crippen molar-refractivity contribution in [3.63, 3.8) is 0 Å². The van der Waals surface area contributed by atoms with Gasteiger partial charge in [0.2, 0.25) is 0 Å². The molecule has 15 heavy (non-hydrogen) atoms. The third-order valence-corrected chi connectivity index (χ3v) is 2.06. The Balaban J connectivity index is 2.54. The Morgan fingerprint density at radius 1 is 1.47 bits per heavy atom. The Labute approximate surface area is 86.8 Å². The van der Waals surface area contributed by atoms with Gasteiger partial charge in [-0.25, -0.2) is 4.98 Å². The van der Waals surface area contributed by atoms with Crippen LogP contribution in [0.4, 0.5) is 0 Å². The van der Waals surface area contributed by atoms with E-state index < -0.39 is 0 Å². The number of phenolic OH excluding ortho intramolecular Hbond substituents is 1. The predicted molar refractivity (Wildman–Crippen MR) is 55.2 cm³/mol. The van der Waals surface area contributed by atoms with Crippen LogP contribution in [0.2, 0.25) is 0 Å². The van der Waals surface area contributed by atoms with Crippen LogP contribution < -0.4 is 0 Å². The molecule has 0 aliphatic rings. The third-order valence-electron chi connectivity index (χ3n) is 2.06. The van der Waals surface area contributed by atoms with Gasteiger partial charge < -0.3 is 5.11 Å². The van der Waals surface area contributed by atoms with Crippen molar-refractivity contribution in [2.75, 3.05) is 0 Å². The Hall–Kier alpha value is -2.10. The molecule has 0 atom stereocenters. The molecule has 1 N–H and O–H groups in total. The van der Waals surface area contributed by atoms with Gasteiger partial charge in [-0.3, -0.25) is 9.36 Å². The van der Waals surface area contributed by atoms with E-state index in [9.17, 15) is 9.90 Å². The fourth-order valence-corrected chi connectivity index (χ4v) is 1.42. The van der Waals surface area contributed by atoms with E-state index in [-0.39, 0.29) is 11.5 Å². The maximum absolute atomic E-state index is 11.2. The molecule has 0 amide bonds. The number of carbonyl (C=O) groups excluding carboxylic acids is 1. The average molecular weight is 202 g/mol. The summed E-state index contributed by atoms with van der Waals surface area (Å²) < 4.78 is 1.64. The Kier molecular flexibility index (Phi) is 2.25. The largest absolute Gasteiger partial charge is 0.508 e. The van der Waals surface area contributed by atoms with Crippen molar-refractivity contribution in [3.05, 3.63) is 42.5 Å². The SMILES string of the molecule is CC(=O)c1nccn1-c1cccc(O)c1. The second-order valence-electron chi connectivity index (χ2n) is 3.20. The Morgan fingerprint density at radius 3 is 2.93 bits per heavy atom. The number of hydrogen-bond donors (Lipinski definition) is 1. The number of aromatic hydroxyl groups is 1. The van der Waals surface area contributed by atoms with Crippen LogP contribution in [0.15, 0.2) is 36.7 Å². The van der Waals surface area contributed by atoms with E-state index in [0.717, 1.165) is 5.69 Å². The molecule has 2 rings (SSSR count). The summed E-state index contributed by atoms with van der Waals surface area (Å²) >= 11 is 0. The van der Waals surface area contributed by atoms with E-state index >= 15 is 0 Å². The molecule has 1 heterocycles. The van der Waals surface area contributed by atoms with Gasteiger partial charge in [-0.2, -0.15) is 0 Å². The highest BCUT2D eigenvalue weighted by Crippen LogP contribution is 2.16. The lowest BCUT2D eigenvalue weighted by Crippen LogP contribution is -2.04. The standard InChI is InChI=1S/C11H10N2O2/c1-8(14)11-12-5-6-13(11)9-3-2-4-10(15)7-9/h2-7,15H,1H3. The highest BCUT2D eigenvalue weighted by molar-refractivity contribution is 5.91. The van der Waals surface area contributed by atoms with Gasteiger partial charge in [0.1, 0.15) is 5.75 Å². The number of hydrogen-bond acceptors (Lipinski definition) is 3. The number of carbonyl (C=O) groups is 1. The van der Waals surface area contributed by atoms with Crippen LogP contribution in [0.25, 0.3) is 5.69 Å². The van der Waals surface area contributed by atoms with Gasteiger partial charge in [-0.1, -0.05) is 6.07 Å². The predicted octanol–water partition coefficient (Wildman–Crippen LogP) is 1.78. The number of imidazole rings is 1. The molecule has 1 aromatic carbocycles. The lowest BCUT2D eigenvalue weighted by atomic mass is 10.3. The molecule has 4 nitrogen and oxygen atoms in total. The summed E-state index contributed by atoms with van der Waals surface area (Å²) in [5.41, 5.74) is 0.720. The van der Waals surface area contributed by atoms with Gasteiger partial charge in [-0.05, 0) is 12.1 Å². The van der Waals surface area contributed by atoms with Gasteiger partial charge in [0.15, 0.2) is 11.6 Å². The lowest BCUT2D eigenvalue weighted by Gasteiger charge is -2.05. The zero-order chi connectivity index (χ0) is 10.8. The smallest absolute Gasteiger partial charge is 0.195 e. The van der Waals surface area contributed by atoms with E-state index in [0.29, 0.717) is 5.82 Å². The number of benzene rings is 1. The lowest BCUT2D eigenvalue weighted by molar-refractivity contribution is 0.100. The summed E-state index contributed by atoms with van der Waals surface area (Å²) in [5.74, 6) is 0.416. The van der Waals surface area contributed by atoms with Gasteiger partial charge in [-0.15, -0.1) is 0 Å². The van der Waals surface area contributed by atoms with Crippen molar-refractivity contribution < 1.29 is 9.90 Å². The molecule has 0 saturated carbocycles. The summed E-state index contributed by atoms with van der Waals surface area (Å²) in [4.78, 5) is 15.2. The molecule has 0 unspecified atom stereocenters. The van der Waals surface area contributed by atoms with E-state index in [1.807, 2.05) is 0 Å². The monoisotopic (exact) mass is 202 g/mol. The number of nitrogens with zero attached hydrogens (tertiary/aromatic N) is 2. The molecule has 0 saturated heterocycles. The van der Waals surface area contributed by atoms with Crippen molar-refractivity contribution in [1.29, 1.82) is 0 Å². The van der Waals surface area contributed by atoms with Gasteiger partial charge in [0.25, 0.3) is 0 Å². The highest BCUT2D eigenvalue weighted by atomic mass is 16.3. The quantitative estimate of drug-likeness (QED) is 0.755. The van der Waals surface area contributed by atoms with Crippen LogP contribution in [0, 0.1) is 0 Å². The second-order valence-corrected chi connectivity index (χ2v) is 3.20. The molecule has 1 aromatic heterocycles. The van der Waals surface area contributed by atoms with Gasteiger partial charge >= 0.3 is 0 Å². The molecule has 76 valence electrons. The minimum Gasteiger partial charge on any atom is -0.508 e. The second kappa shape index (κ2) is 3.57. The van der Waals surface area contributed by atoms with E-state index in [1.54, 1.807) is 41.2 Å². The van der Waals surface area contributed by atoms with Crippen LogP contribution in [-0.2, 0) is 0 Å². The van der Waals surface area contributed by atoms with Crippen molar-refractivity contribution in [2.45, 2.75) is 6.92 Å². The number of aromatic nitrogens is 2. The molecule has 0 radical (unpaired) electrons. The third kappa shape index (κ3) is 1.74. The molecule has 0 fully saturated rings. The number of ketones is 1. The first-order chi connectivity index (χ1) is 7.18. The summed E-state index contributed by atoms with van der Waals surface area (Å²) in [6.07, 6.45) is 3.24. The normalized spacial score (nSPS) is 10.2. The van der Waals surface area contributed by atoms with Gasteiger partial charge in [0.05, 0.1) is 5.69 Å². The highest BCUT2D eigenvalue weighted by Gasteiger charge is 2.08. The van der Waals surface area contributed by atoms with E-state index in [4.69, 9.17) is 0 Å². The molecular formula is C11H10N2O2. The fourth-order valence-electron chi connectivity index (χ4n) is 1.42. The molecule has 0 bridgehead atoms. The van der Waals surface area contributed by atoms with Crippen molar-refractivity contribution in [2.24, 2.45) is 0 Å². The van der Waals surface area contributed by atoms with Crippen LogP contribution >= 0.6 is 0 Å². The van der Waals surface area contributed by atoms with E-state index in [1.165, 1.54) is 6.92 Å². The number of phenols is 1. The molecule has 0 aliphatic heterocycles. The topological polar surface area (TPSA) is 55.1 Å². The maximum Gasteiger partial charge on any atom is 0.195 e. The first-order valence-electron chi connectivity index (χ1n) is 4.52. The molecule has 2 aromatic rings. The zero-order valence-electron chi connectivity index (χ0n) is 8.21. The zero-order valence-corrected chi connectivity index (χ0v) is 8.21. The average Bonchev–Trinajstić information content (AvgIpc) is 2.65. The van der Waals surface area contributed by atoms with Crippen LogP contribution in [0.5, 0.6) is 5.75 Å². The number of rotatable bonds is 2. The Bertz CT molecular complexity index is 503. The molecular weight excluding hydrogens is 192 g/mol. The molecule has 0 spiro atoms. The van der Waals surface area contributed by atoms with Crippen LogP contribution in [0.1, 0.15) is 17.5 Å². The number of Topliss-reactive ketones (excluding diaryl/α,β-unsaturated/α-hetero) is 1. The Morgan fingerprint density at radius 2 is 2.27 bits per heavy atom. The van der Waals surface area contributed by atoms with Gasteiger partial charge in [0, 0.05) is 25.4 Å². The first-order valence-corrected chi connectivity index (χ1v) is 4.52. The molecule has 4 heteroatoms. The van der Waals surface area contributed by atoms with Crippen molar-refractivity contribution in [3.8, 4) is 11.4 Å².